The maximum absolute atomic E-state index is 6.05. The first-order chi connectivity index (χ1) is 8.56. The van der Waals surface area contributed by atoms with Crippen molar-refractivity contribution in [3.8, 4) is 0 Å². The zero-order valence-electron chi connectivity index (χ0n) is 9.00. The zero-order chi connectivity index (χ0) is 13.1. The van der Waals surface area contributed by atoms with Gasteiger partial charge in [-0.1, -0.05) is 46.4 Å². The molecule has 0 unspecified atom stereocenters. The summed E-state index contributed by atoms with van der Waals surface area (Å²) < 4.78 is 0. The molecule has 0 N–H and O–H groups in total. The third-order valence-electron chi connectivity index (χ3n) is 2.21. The van der Waals surface area contributed by atoms with E-state index in [-0.39, 0.29) is 0 Å². The van der Waals surface area contributed by atoms with Crippen LogP contribution in [-0.4, -0.2) is 6.21 Å². The number of hydrogen-bond acceptors (Lipinski definition) is 1. The topological polar surface area (TPSA) is 12.4 Å². The third-order valence-corrected chi connectivity index (χ3v) is 3.31. The smallest absolute Gasteiger partial charge is 0.0630 e. The fourth-order valence-electron chi connectivity index (χ4n) is 1.34. The quantitative estimate of drug-likeness (QED) is 0.597. The Hall–Kier alpha value is -0.730. The van der Waals surface area contributed by atoms with Crippen LogP contribution in [-0.2, 0) is 0 Å². The van der Waals surface area contributed by atoms with Crippen LogP contribution in [0, 0.1) is 0 Å². The molecule has 2 rings (SSSR count). The summed E-state index contributed by atoms with van der Waals surface area (Å²) in [6.07, 6.45) is 1.60. The molecule has 0 aliphatic carbocycles. The molecule has 0 aliphatic rings. The second-order valence-corrected chi connectivity index (χ2v) is 5.20. The van der Waals surface area contributed by atoms with Gasteiger partial charge in [0.05, 0.1) is 15.7 Å². The molecular weight excluding hydrogens is 312 g/mol. The Kier molecular flexibility index (Phi) is 4.52. The molecule has 18 heavy (non-hydrogen) atoms. The van der Waals surface area contributed by atoms with Crippen molar-refractivity contribution in [2.45, 2.75) is 0 Å². The largest absolute Gasteiger partial charge is 0.256 e. The molecule has 0 atom stereocenters. The highest BCUT2D eigenvalue weighted by atomic mass is 35.5. The van der Waals surface area contributed by atoms with Crippen LogP contribution in [0.4, 0.5) is 5.69 Å². The van der Waals surface area contributed by atoms with Gasteiger partial charge in [-0.25, -0.2) is 0 Å². The van der Waals surface area contributed by atoms with Crippen molar-refractivity contribution >= 4 is 58.3 Å². The van der Waals surface area contributed by atoms with Gasteiger partial charge in [0.2, 0.25) is 0 Å². The van der Waals surface area contributed by atoms with E-state index in [0.29, 0.717) is 25.7 Å². The van der Waals surface area contributed by atoms with E-state index in [1.54, 1.807) is 42.6 Å². The molecule has 0 aliphatic heterocycles. The highest BCUT2D eigenvalue weighted by molar-refractivity contribution is 6.41. The van der Waals surface area contributed by atoms with Crippen molar-refractivity contribution in [3.05, 3.63) is 62.1 Å². The second kappa shape index (κ2) is 5.94. The predicted molar refractivity (Wildman–Crippen MR) is 80.2 cm³/mol. The first-order valence-electron chi connectivity index (χ1n) is 5.00. The molecule has 0 amide bonds. The summed E-state index contributed by atoms with van der Waals surface area (Å²) in [4.78, 5) is 4.27. The molecular formula is C13H7Cl4N. The fourth-order valence-corrected chi connectivity index (χ4v) is 2.38. The van der Waals surface area contributed by atoms with Crippen molar-refractivity contribution in [3.63, 3.8) is 0 Å². The SMILES string of the molecule is Clc1ccc(N=Cc2c(Cl)cc(Cl)cc2Cl)cc1. The minimum absolute atomic E-state index is 0.463. The fraction of sp³-hybridized carbons (Fsp3) is 0. The van der Waals surface area contributed by atoms with E-state index in [2.05, 4.69) is 4.99 Å². The summed E-state index contributed by atoms with van der Waals surface area (Å²) in [5.74, 6) is 0. The van der Waals surface area contributed by atoms with Crippen LogP contribution in [0.2, 0.25) is 20.1 Å². The predicted octanol–water partition coefficient (Wildman–Crippen LogP) is 6.05. The first kappa shape index (κ1) is 13.7. The molecule has 1 nitrogen and oxygen atoms in total. The van der Waals surface area contributed by atoms with Crippen LogP contribution < -0.4 is 0 Å². The van der Waals surface area contributed by atoms with Gasteiger partial charge >= 0.3 is 0 Å². The van der Waals surface area contributed by atoms with E-state index in [1.165, 1.54) is 0 Å². The average molecular weight is 319 g/mol. The summed E-state index contributed by atoms with van der Waals surface area (Å²) >= 11 is 23.7. The van der Waals surface area contributed by atoms with Crippen molar-refractivity contribution in [2.75, 3.05) is 0 Å². The average Bonchev–Trinajstić information content (AvgIpc) is 2.30. The zero-order valence-corrected chi connectivity index (χ0v) is 12.0. The Balaban J connectivity index is 2.31. The van der Waals surface area contributed by atoms with E-state index in [1.807, 2.05) is 0 Å². The molecule has 0 saturated heterocycles. The standard InChI is InChI=1S/C13H7Cl4N/c14-8-1-3-10(4-2-8)18-7-11-12(16)5-9(15)6-13(11)17/h1-7H. The Morgan fingerprint density at radius 3 is 1.89 bits per heavy atom. The van der Waals surface area contributed by atoms with Crippen molar-refractivity contribution in [2.24, 2.45) is 4.99 Å². The van der Waals surface area contributed by atoms with E-state index < -0.39 is 0 Å². The highest BCUT2D eigenvalue weighted by Crippen LogP contribution is 2.28. The van der Waals surface area contributed by atoms with E-state index in [9.17, 15) is 0 Å². The van der Waals surface area contributed by atoms with Crippen LogP contribution in [0.3, 0.4) is 0 Å². The lowest BCUT2D eigenvalue weighted by Gasteiger charge is -2.02. The summed E-state index contributed by atoms with van der Waals surface area (Å²) in [5.41, 5.74) is 1.40. The summed E-state index contributed by atoms with van der Waals surface area (Å²) in [5, 5.41) is 2.08. The minimum atomic E-state index is 0.463. The number of benzene rings is 2. The van der Waals surface area contributed by atoms with Gasteiger partial charge in [-0.15, -0.1) is 0 Å². The first-order valence-corrected chi connectivity index (χ1v) is 6.51. The monoisotopic (exact) mass is 317 g/mol. The Morgan fingerprint density at radius 2 is 1.33 bits per heavy atom. The Morgan fingerprint density at radius 1 is 0.778 bits per heavy atom. The minimum Gasteiger partial charge on any atom is -0.256 e. The van der Waals surface area contributed by atoms with Gasteiger partial charge in [0.1, 0.15) is 0 Å². The number of aliphatic imine (C=N–C) groups is 1. The third kappa shape index (κ3) is 3.39. The molecule has 2 aromatic carbocycles. The van der Waals surface area contributed by atoms with Crippen LogP contribution >= 0.6 is 46.4 Å². The molecule has 0 radical (unpaired) electrons. The summed E-state index contributed by atoms with van der Waals surface area (Å²) in [7, 11) is 0. The molecule has 5 heteroatoms. The molecule has 0 spiro atoms. The molecule has 92 valence electrons. The summed E-state index contributed by atoms with van der Waals surface area (Å²) in [6.45, 7) is 0. The van der Waals surface area contributed by atoms with Crippen molar-refractivity contribution in [1.82, 2.24) is 0 Å². The normalized spacial score (nSPS) is 11.1. The molecule has 0 heterocycles. The number of hydrogen-bond donors (Lipinski definition) is 0. The molecule has 0 saturated carbocycles. The Bertz CT molecular complexity index is 567. The van der Waals surface area contributed by atoms with E-state index in [4.69, 9.17) is 46.4 Å². The molecule has 0 bridgehead atoms. The van der Waals surface area contributed by atoms with Gasteiger partial charge in [-0.3, -0.25) is 4.99 Å². The van der Waals surface area contributed by atoms with Crippen LogP contribution in [0.1, 0.15) is 5.56 Å². The lowest BCUT2D eigenvalue weighted by Crippen LogP contribution is -1.85. The van der Waals surface area contributed by atoms with Gasteiger partial charge in [0, 0.05) is 21.8 Å². The molecule has 0 fully saturated rings. The van der Waals surface area contributed by atoms with Gasteiger partial charge in [0.25, 0.3) is 0 Å². The Labute approximate surface area is 125 Å². The van der Waals surface area contributed by atoms with Crippen molar-refractivity contribution in [1.29, 1.82) is 0 Å². The van der Waals surface area contributed by atoms with Gasteiger partial charge < -0.3 is 0 Å². The summed E-state index contributed by atoms with van der Waals surface area (Å²) in [6, 6.07) is 10.4. The van der Waals surface area contributed by atoms with Gasteiger partial charge in [-0.2, -0.15) is 0 Å². The lowest BCUT2D eigenvalue weighted by atomic mass is 10.2. The van der Waals surface area contributed by atoms with Crippen molar-refractivity contribution < 1.29 is 0 Å². The number of nitrogens with zero attached hydrogens (tertiary/aromatic N) is 1. The maximum Gasteiger partial charge on any atom is 0.0630 e. The number of halogens is 4. The number of rotatable bonds is 2. The molecule has 0 aromatic heterocycles. The van der Waals surface area contributed by atoms with Gasteiger partial charge in [0.15, 0.2) is 0 Å². The lowest BCUT2D eigenvalue weighted by molar-refractivity contribution is 1.52. The van der Waals surface area contributed by atoms with E-state index in [0.717, 1.165) is 5.69 Å². The van der Waals surface area contributed by atoms with Gasteiger partial charge in [-0.05, 0) is 36.4 Å². The van der Waals surface area contributed by atoms with Crippen LogP contribution in [0.25, 0.3) is 0 Å². The highest BCUT2D eigenvalue weighted by Gasteiger charge is 2.05. The maximum atomic E-state index is 6.05. The van der Waals surface area contributed by atoms with Crippen LogP contribution in [0.15, 0.2) is 41.4 Å². The van der Waals surface area contributed by atoms with E-state index >= 15 is 0 Å². The second-order valence-electron chi connectivity index (χ2n) is 3.52. The van der Waals surface area contributed by atoms with Crippen LogP contribution in [0.5, 0.6) is 0 Å². The molecule has 2 aromatic rings.